The van der Waals surface area contributed by atoms with Crippen LogP contribution < -0.4 is 5.32 Å². The minimum Gasteiger partial charge on any atom is -0.463 e. The van der Waals surface area contributed by atoms with Gasteiger partial charge in [0.15, 0.2) is 5.58 Å². The Kier molecular flexibility index (Phi) is 5.06. The average molecular weight is 466 g/mol. The molecule has 0 radical (unpaired) electrons. The number of fused-ring (bicyclic) bond motifs is 4. The summed E-state index contributed by atoms with van der Waals surface area (Å²) in [6, 6.07) is 17.7. The summed E-state index contributed by atoms with van der Waals surface area (Å²) in [6.07, 6.45) is 4.37. The van der Waals surface area contributed by atoms with E-state index in [0.29, 0.717) is 17.2 Å². The van der Waals surface area contributed by atoms with Crippen molar-refractivity contribution in [2.45, 2.75) is 19.3 Å². The molecule has 35 heavy (non-hydrogen) atoms. The number of nitrogens with zero attached hydrogens (tertiary/aromatic N) is 4. The van der Waals surface area contributed by atoms with Crippen molar-refractivity contribution in [3.05, 3.63) is 89.1 Å². The lowest BCUT2D eigenvalue weighted by Crippen LogP contribution is -2.09. The third-order valence-electron chi connectivity index (χ3n) is 6.36. The number of rotatable bonds is 5. The van der Waals surface area contributed by atoms with Gasteiger partial charge < -0.3 is 14.5 Å². The van der Waals surface area contributed by atoms with E-state index in [-0.39, 0.29) is 5.76 Å². The van der Waals surface area contributed by atoms with Gasteiger partial charge in [-0.2, -0.15) is 5.10 Å². The van der Waals surface area contributed by atoms with Gasteiger partial charge in [0.1, 0.15) is 0 Å². The fraction of sp³-hybridized carbons (Fsp3) is 0.185. The molecule has 0 saturated carbocycles. The van der Waals surface area contributed by atoms with Crippen molar-refractivity contribution in [1.29, 1.82) is 0 Å². The predicted octanol–water partition coefficient (Wildman–Crippen LogP) is 4.84. The second kappa shape index (κ2) is 8.39. The summed E-state index contributed by atoms with van der Waals surface area (Å²) in [6.45, 7) is 0. The molecule has 3 heterocycles. The van der Waals surface area contributed by atoms with Crippen LogP contribution in [0, 0.1) is 0 Å². The molecule has 3 aromatic heterocycles. The Morgan fingerprint density at radius 2 is 2.00 bits per heavy atom. The number of esters is 1. The molecule has 6 rings (SSSR count). The van der Waals surface area contributed by atoms with Crippen LogP contribution in [0.1, 0.15) is 33.1 Å². The molecule has 0 atom stereocenters. The molecule has 1 aliphatic carbocycles. The fourth-order valence-corrected chi connectivity index (χ4v) is 4.66. The summed E-state index contributed by atoms with van der Waals surface area (Å²) in [5.41, 5.74) is 7.74. The zero-order chi connectivity index (χ0) is 23.9. The summed E-state index contributed by atoms with van der Waals surface area (Å²) in [5.74, 6) is 0.0792. The number of anilines is 2. The summed E-state index contributed by atoms with van der Waals surface area (Å²) < 4.78 is 12.5. The van der Waals surface area contributed by atoms with Crippen LogP contribution in [-0.4, -0.2) is 32.8 Å². The van der Waals surface area contributed by atoms with Gasteiger partial charge in [0, 0.05) is 30.6 Å². The highest BCUT2D eigenvalue weighted by atomic mass is 16.5. The van der Waals surface area contributed by atoms with Gasteiger partial charge in [0.25, 0.3) is 0 Å². The lowest BCUT2D eigenvalue weighted by molar-refractivity contribution is 0.0568. The van der Waals surface area contributed by atoms with Crippen molar-refractivity contribution in [1.82, 2.24) is 19.7 Å². The Bertz CT molecular complexity index is 1570. The Balaban J connectivity index is 1.39. The Morgan fingerprint density at radius 1 is 1.14 bits per heavy atom. The molecule has 174 valence electrons. The maximum absolute atomic E-state index is 11.9. The Labute approximate surface area is 201 Å². The SMILES string of the molecule is COC(=O)c1cc2cccc(Nc3ncc4c(n3)-c3c(nn(C)c3Cc3ccccc3)CC4)c2o1. The zero-order valence-corrected chi connectivity index (χ0v) is 19.4. The van der Waals surface area contributed by atoms with Crippen molar-refractivity contribution in [3.63, 3.8) is 0 Å². The van der Waals surface area contributed by atoms with Crippen molar-refractivity contribution in [2.75, 3.05) is 12.4 Å². The van der Waals surface area contributed by atoms with Crippen molar-refractivity contribution >= 4 is 28.6 Å². The molecular weight excluding hydrogens is 442 g/mol. The maximum Gasteiger partial charge on any atom is 0.373 e. The molecule has 0 fully saturated rings. The standard InChI is InChI=1S/C27H23N5O3/c1-32-21(13-16-7-4-3-5-8-16)23-19(31-32)12-11-18-15-28-27(30-24(18)23)29-20-10-6-9-17-14-22(26(33)34-2)35-25(17)20/h3-10,14-15H,11-13H2,1-2H3,(H,28,29,30). The highest BCUT2D eigenvalue weighted by molar-refractivity contribution is 5.97. The highest BCUT2D eigenvalue weighted by Gasteiger charge is 2.26. The van der Waals surface area contributed by atoms with Gasteiger partial charge in [-0.3, -0.25) is 4.68 Å². The smallest absolute Gasteiger partial charge is 0.373 e. The van der Waals surface area contributed by atoms with Crippen LogP contribution >= 0.6 is 0 Å². The van der Waals surface area contributed by atoms with Crippen LogP contribution in [-0.2, 0) is 31.0 Å². The van der Waals surface area contributed by atoms with E-state index >= 15 is 0 Å². The second-order valence-electron chi connectivity index (χ2n) is 8.57. The number of carbonyl (C=O) groups excluding carboxylic acids is 1. The van der Waals surface area contributed by atoms with E-state index in [0.717, 1.165) is 52.9 Å². The van der Waals surface area contributed by atoms with Crippen LogP contribution in [0.5, 0.6) is 0 Å². The minimum atomic E-state index is -0.521. The number of ether oxygens (including phenoxy) is 1. The third kappa shape index (κ3) is 3.73. The summed E-state index contributed by atoms with van der Waals surface area (Å²) in [4.78, 5) is 21.4. The molecular formula is C27H23N5O3. The average Bonchev–Trinajstić information content (AvgIpc) is 3.46. The van der Waals surface area contributed by atoms with Gasteiger partial charge in [0.2, 0.25) is 11.7 Å². The molecule has 2 aromatic carbocycles. The van der Waals surface area contributed by atoms with E-state index in [1.807, 2.05) is 42.2 Å². The van der Waals surface area contributed by atoms with Gasteiger partial charge in [-0.1, -0.05) is 42.5 Å². The molecule has 0 unspecified atom stereocenters. The lowest BCUT2D eigenvalue weighted by atomic mass is 9.91. The molecule has 1 aliphatic rings. The van der Waals surface area contributed by atoms with Crippen molar-refractivity contribution in [3.8, 4) is 11.3 Å². The summed E-state index contributed by atoms with van der Waals surface area (Å²) in [5, 5.41) is 8.87. The van der Waals surface area contributed by atoms with Crippen LogP contribution in [0.4, 0.5) is 11.6 Å². The highest BCUT2D eigenvalue weighted by Crippen LogP contribution is 2.36. The molecule has 1 N–H and O–H groups in total. The first-order valence-electron chi connectivity index (χ1n) is 11.4. The van der Waals surface area contributed by atoms with E-state index in [2.05, 4.69) is 34.6 Å². The van der Waals surface area contributed by atoms with E-state index in [1.165, 1.54) is 12.7 Å². The number of para-hydroxylation sites is 1. The molecule has 8 nitrogen and oxygen atoms in total. The Hall–Kier alpha value is -4.46. The van der Waals surface area contributed by atoms with Crippen LogP contribution in [0.15, 0.2) is 65.2 Å². The number of nitrogens with one attached hydrogen (secondary N) is 1. The van der Waals surface area contributed by atoms with Gasteiger partial charge in [-0.05, 0) is 36.1 Å². The predicted molar refractivity (Wildman–Crippen MR) is 132 cm³/mol. The number of hydrogen-bond donors (Lipinski definition) is 1. The van der Waals surface area contributed by atoms with E-state index in [1.54, 1.807) is 6.07 Å². The van der Waals surface area contributed by atoms with E-state index < -0.39 is 5.97 Å². The Morgan fingerprint density at radius 3 is 2.83 bits per heavy atom. The zero-order valence-electron chi connectivity index (χ0n) is 19.4. The first-order valence-corrected chi connectivity index (χ1v) is 11.4. The first kappa shape index (κ1) is 21.1. The number of aromatic nitrogens is 4. The lowest BCUT2D eigenvalue weighted by Gasteiger charge is -2.17. The number of aryl methyl sites for hydroxylation is 3. The molecule has 0 saturated heterocycles. The van der Waals surface area contributed by atoms with Crippen LogP contribution in [0.3, 0.4) is 0 Å². The molecule has 0 spiro atoms. The van der Waals surface area contributed by atoms with Crippen LogP contribution in [0.25, 0.3) is 22.2 Å². The summed E-state index contributed by atoms with van der Waals surface area (Å²) in [7, 11) is 3.32. The monoisotopic (exact) mass is 465 g/mol. The normalized spacial score (nSPS) is 12.3. The molecule has 0 aliphatic heterocycles. The minimum absolute atomic E-state index is 0.147. The van der Waals surface area contributed by atoms with Gasteiger partial charge in [0.05, 0.1) is 29.9 Å². The van der Waals surface area contributed by atoms with Gasteiger partial charge in [-0.15, -0.1) is 0 Å². The molecule has 8 heteroatoms. The van der Waals surface area contributed by atoms with Crippen molar-refractivity contribution < 1.29 is 13.9 Å². The number of benzene rings is 2. The van der Waals surface area contributed by atoms with Gasteiger partial charge in [-0.25, -0.2) is 14.8 Å². The van der Waals surface area contributed by atoms with Gasteiger partial charge >= 0.3 is 5.97 Å². The van der Waals surface area contributed by atoms with E-state index in [4.69, 9.17) is 19.2 Å². The second-order valence-corrected chi connectivity index (χ2v) is 8.57. The largest absolute Gasteiger partial charge is 0.463 e. The quantitative estimate of drug-likeness (QED) is 0.371. The third-order valence-corrected chi connectivity index (χ3v) is 6.36. The maximum atomic E-state index is 11.9. The number of methoxy groups -OCH3 is 1. The molecule has 0 amide bonds. The van der Waals surface area contributed by atoms with Crippen molar-refractivity contribution in [2.24, 2.45) is 7.05 Å². The molecule has 5 aromatic rings. The van der Waals surface area contributed by atoms with E-state index in [9.17, 15) is 4.79 Å². The summed E-state index contributed by atoms with van der Waals surface area (Å²) >= 11 is 0. The fourth-order valence-electron chi connectivity index (χ4n) is 4.66. The molecule has 0 bridgehead atoms. The topological polar surface area (TPSA) is 95.1 Å². The number of carbonyl (C=O) groups is 1. The number of hydrogen-bond acceptors (Lipinski definition) is 7. The number of furan rings is 1. The van der Waals surface area contributed by atoms with Crippen LogP contribution in [0.2, 0.25) is 0 Å². The first-order chi connectivity index (χ1) is 17.1.